The Hall–Kier alpha value is -2.69. The predicted octanol–water partition coefficient (Wildman–Crippen LogP) is 2.17. The number of carbonyl (C=O) groups is 2. The fourth-order valence-electron chi connectivity index (χ4n) is 3.33. The normalized spacial score (nSPS) is 16.7. The molecule has 1 unspecified atom stereocenters. The van der Waals surface area contributed by atoms with Gasteiger partial charge < -0.3 is 9.80 Å². The molecule has 5 nitrogen and oxygen atoms in total. The smallest absolute Gasteiger partial charge is 0.227 e. The number of rotatable bonds is 7. The van der Waals surface area contributed by atoms with Crippen LogP contribution in [0.4, 0.5) is 0 Å². The van der Waals surface area contributed by atoms with Crippen LogP contribution in [-0.4, -0.2) is 53.3 Å². The van der Waals surface area contributed by atoms with Gasteiger partial charge in [0.1, 0.15) is 0 Å². The van der Waals surface area contributed by atoms with Crippen molar-refractivity contribution >= 4 is 11.8 Å². The van der Waals surface area contributed by atoms with Crippen LogP contribution in [0.5, 0.6) is 0 Å². The average molecular weight is 351 g/mol. The molecule has 1 fully saturated rings. The van der Waals surface area contributed by atoms with E-state index in [1.807, 2.05) is 42.3 Å². The van der Waals surface area contributed by atoms with Gasteiger partial charge in [-0.2, -0.15) is 0 Å². The predicted molar refractivity (Wildman–Crippen MR) is 100 cm³/mol. The van der Waals surface area contributed by atoms with E-state index in [0.717, 1.165) is 18.4 Å². The van der Waals surface area contributed by atoms with Crippen LogP contribution in [-0.2, 0) is 22.4 Å². The van der Waals surface area contributed by atoms with Gasteiger partial charge in [-0.1, -0.05) is 30.3 Å². The molecule has 1 aliphatic rings. The molecule has 0 spiro atoms. The molecule has 2 amide bonds. The van der Waals surface area contributed by atoms with E-state index in [1.165, 1.54) is 5.56 Å². The van der Waals surface area contributed by atoms with E-state index in [2.05, 4.69) is 17.1 Å². The maximum absolute atomic E-state index is 12.7. The SMILES string of the molecule is CN(CCc1ccncc1)C(=O)C1CC(=O)N(CCc2ccccc2)C1. The van der Waals surface area contributed by atoms with Crippen LogP contribution >= 0.6 is 0 Å². The Bertz CT molecular complexity index is 733. The van der Waals surface area contributed by atoms with E-state index in [0.29, 0.717) is 26.1 Å². The van der Waals surface area contributed by atoms with Crippen LogP contribution in [0.1, 0.15) is 17.5 Å². The minimum atomic E-state index is -0.222. The molecular weight excluding hydrogens is 326 g/mol. The molecule has 1 aromatic carbocycles. The van der Waals surface area contributed by atoms with Crippen molar-refractivity contribution < 1.29 is 9.59 Å². The van der Waals surface area contributed by atoms with Gasteiger partial charge in [0.05, 0.1) is 5.92 Å². The Morgan fingerprint density at radius 1 is 1.12 bits per heavy atom. The van der Waals surface area contributed by atoms with E-state index in [1.54, 1.807) is 17.3 Å². The lowest BCUT2D eigenvalue weighted by Gasteiger charge is -2.21. The third-order valence-corrected chi connectivity index (χ3v) is 4.94. The van der Waals surface area contributed by atoms with Gasteiger partial charge in [-0.3, -0.25) is 14.6 Å². The highest BCUT2D eigenvalue weighted by Crippen LogP contribution is 2.20. The maximum Gasteiger partial charge on any atom is 0.227 e. The first kappa shape index (κ1) is 18.1. The second-order valence-electron chi connectivity index (χ2n) is 6.84. The molecule has 1 atom stereocenters. The van der Waals surface area contributed by atoms with Crippen LogP contribution in [0, 0.1) is 5.92 Å². The number of aromatic nitrogens is 1. The fourth-order valence-corrected chi connectivity index (χ4v) is 3.33. The number of nitrogens with zero attached hydrogens (tertiary/aromatic N) is 3. The molecule has 26 heavy (non-hydrogen) atoms. The molecule has 0 radical (unpaired) electrons. The number of carbonyl (C=O) groups excluding carboxylic acids is 2. The van der Waals surface area contributed by atoms with Crippen LogP contribution in [0.3, 0.4) is 0 Å². The molecule has 0 N–H and O–H groups in total. The van der Waals surface area contributed by atoms with Gasteiger partial charge in [0, 0.05) is 45.5 Å². The van der Waals surface area contributed by atoms with E-state index >= 15 is 0 Å². The molecule has 3 rings (SSSR count). The van der Waals surface area contributed by atoms with Crippen LogP contribution in [0.2, 0.25) is 0 Å². The zero-order valence-electron chi connectivity index (χ0n) is 15.2. The summed E-state index contributed by atoms with van der Waals surface area (Å²) in [4.78, 5) is 32.5. The zero-order valence-corrected chi connectivity index (χ0v) is 15.2. The van der Waals surface area contributed by atoms with Gasteiger partial charge >= 0.3 is 0 Å². The van der Waals surface area contributed by atoms with Crippen LogP contribution in [0.15, 0.2) is 54.9 Å². The molecule has 2 aromatic rings. The van der Waals surface area contributed by atoms with E-state index in [-0.39, 0.29) is 17.7 Å². The average Bonchev–Trinajstić information content (AvgIpc) is 3.06. The zero-order chi connectivity index (χ0) is 18.4. The number of amides is 2. The number of benzene rings is 1. The molecular formula is C21H25N3O2. The summed E-state index contributed by atoms with van der Waals surface area (Å²) in [6.45, 7) is 1.86. The molecule has 0 aliphatic carbocycles. The maximum atomic E-state index is 12.7. The van der Waals surface area contributed by atoms with Gasteiger partial charge in [0.15, 0.2) is 0 Å². The summed E-state index contributed by atoms with van der Waals surface area (Å²) in [5.41, 5.74) is 2.37. The van der Waals surface area contributed by atoms with Crippen LogP contribution in [0.25, 0.3) is 0 Å². The van der Waals surface area contributed by atoms with Gasteiger partial charge in [-0.25, -0.2) is 0 Å². The van der Waals surface area contributed by atoms with Crippen molar-refractivity contribution in [1.29, 1.82) is 0 Å². The highest BCUT2D eigenvalue weighted by Gasteiger charge is 2.35. The molecule has 0 saturated carbocycles. The van der Waals surface area contributed by atoms with Gasteiger partial charge in [-0.15, -0.1) is 0 Å². The second-order valence-corrected chi connectivity index (χ2v) is 6.84. The van der Waals surface area contributed by atoms with Gasteiger partial charge in [0.2, 0.25) is 11.8 Å². The van der Waals surface area contributed by atoms with E-state index in [4.69, 9.17) is 0 Å². The second kappa shape index (κ2) is 8.61. The molecule has 1 saturated heterocycles. The Labute approximate surface area is 154 Å². The first-order valence-corrected chi connectivity index (χ1v) is 9.09. The van der Waals surface area contributed by atoms with Crippen molar-refractivity contribution in [2.24, 2.45) is 5.92 Å². The lowest BCUT2D eigenvalue weighted by atomic mass is 10.1. The number of hydrogen-bond donors (Lipinski definition) is 0. The Balaban J connectivity index is 1.48. The first-order chi connectivity index (χ1) is 12.6. The van der Waals surface area contributed by atoms with E-state index in [9.17, 15) is 9.59 Å². The topological polar surface area (TPSA) is 53.5 Å². The van der Waals surface area contributed by atoms with Crippen LogP contribution < -0.4 is 0 Å². The molecule has 1 aromatic heterocycles. The monoisotopic (exact) mass is 351 g/mol. The molecule has 0 bridgehead atoms. The summed E-state index contributed by atoms with van der Waals surface area (Å²) >= 11 is 0. The quantitative estimate of drug-likeness (QED) is 0.768. The number of likely N-dealkylation sites (tertiary alicyclic amines) is 1. The third-order valence-electron chi connectivity index (χ3n) is 4.94. The molecule has 2 heterocycles. The summed E-state index contributed by atoms with van der Waals surface area (Å²) in [5, 5.41) is 0. The van der Waals surface area contributed by atoms with Crippen molar-refractivity contribution in [3.63, 3.8) is 0 Å². The summed E-state index contributed by atoms with van der Waals surface area (Å²) in [7, 11) is 1.82. The highest BCUT2D eigenvalue weighted by molar-refractivity contribution is 5.89. The summed E-state index contributed by atoms with van der Waals surface area (Å²) in [5.74, 6) is -0.0721. The number of hydrogen-bond acceptors (Lipinski definition) is 3. The highest BCUT2D eigenvalue weighted by atomic mass is 16.2. The Morgan fingerprint density at radius 3 is 2.54 bits per heavy atom. The summed E-state index contributed by atoms with van der Waals surface area (Å²) in [6, 6.07) is 14.1. The number of pyridine rings is 1. The van der Waals surface area contributed by atoms with Crippen molar-refractivity contribution in [3.05, 3.63) is 66.0 Å². The minimum absolute atomic E-state index is 0.0645. The summed E-state index contributed by atoms with van der Waals surface area (Å²) in [6.07, 6.45) is 5.47. The van der Waals surface area contributed by atoms with Crippen molar-refractivity contribution in [3.8, 4) is 0 Å². The minimum Gasteiger partial charge on any atom is -0.345 e. The Morgan fingerprint density at radius 2 is 1.81 bits per heavy atom. The third kappa shape index (κ3) is 4.69. The lowest BCUT2D eigenvalue weighted by Crippen LogP contribution is -2.36. The lowest BCUT2D eigenvalue weighted by molar-refractivity contribution is -0.134. The standard InChI is InChI=1S/C21H25N3O2/c1-23(13-9-18-7-11-22-12-8-18)21(26)19-15-20(25)24(16-19)14-10-17-5-3-2-4-6-17/h2-8,11-12,19H,9-10,13-16H2,1H3. The van der Waals surface area contributed by atoms with Crippen molar-refractivity contribution in [1.82, 2.24) is 14.8 Å². The molecule has 5 heteroatoms. The van der Waals surface area contributed by atoms with Crippen molar-refractivity contribution in [2.45, 2.75) is 19.3 Å². The molecule has 136 valence electrons. The van der Waals surface area contributed by atoms with Gasteiger partial charge in [-0.05, 0) is 36.1 Å². The largest absolute Gasteiger partial charge is 0.345 e. The van der Waals surface area contributed by atoms with Crippen molar-refractivity contribution in [2.75, 3.05) is 26.7 Å². The number of likely N-dealkylation sites (N-methyl/N-ethyl adjacent to an activating group) is 1. The Kier molecular flexibility index (Phi) is 6.00. The van der Waals surface area contributed by atoms with E-state index < -0.39 is 0 Å². The first-order valence-electron chi connectivity index (χ1n) is 9.09. The molecule has 1 aliphatic heterocycles. The summed E-state index contributed by atoms with van der Waals surface area (Å²) < 4.78 is 0. The van der Waals surface area contributed by atoms with Gasteiger partial charge in [0.25, 0.3) is 0 Å². The fraction of sp³-hybridized carbons (Fsp3) is 0.381.